The Morgan fingerprint density at radius 2 is 1.70 bits per heavy atom. The van der Waals surface area contributed by atoms with Crippen molar-refractivity contribution in [3.05, 3.63) is 70.8 Å². The number of carbonyl (C=O) groups is 1. The third-order valence-corrected chi connectivity index (χ3v) is 3.05. The van der Waals surface area contributed by atoms with E-state index in [4.69, 9.17) is 5.11 Å². The number of aryl methyl sites for hydroxylation is 1. The molecule has 2 rings (SSSR count). The van der Waals surface area contributed by atoms with Crippen molar-refractivity contribution in [1.29, 1.82) is 5.26 Å². The summed E-state index contributed by atoms with van der Waals surface area (Å²) < 4.78 is 0. The van der Waals surface area contributed by atoms with Crippen molar-refractivity contribution >= 4 is 17.6 Å². The maximum atomic E-state index is 10.8. The minimum Gasteiger partial charge on any atom is -0.478 e. The van der Waals surface area contributed by atoms with Crippen LogP contribution >= 0.6 is 0 Å². The van der Waals surface area contributed by atoms with Crippen LogP contribution in [0.5, 0.6) is 0 Å². The summed E-state index contributed by atoms with van der Waals surface area (Å²) in [6.07, 6.45) is 1.81. The van der Waals surface area contributed by atoms with Gasteiger partial charge in [-0.2, -0.15) is 5.26 Å². The Hall–Kier alpha value is -2.86. The molecule has 1 N–H and O–H groups in total. The minimum absolute atomic E-state index is 0.210. The first-order chi connectivity index (χ1) is 9.61. The van der Waals surface area contributed by atoms with Gasteiger partial charge in [0.05, 0.1) is 17.2 Å². The van der Waals surface area contributed by atoms with Crippen LogP contribution in [0.2, 0.25) is 0 Å². The SMILES string of the molecule is Cc1ccccc1/C=C(/C#N)c1ccc(C(=O)O)cc1. The van der Waals surface area contributed by atoms with E-state index in [1.807, 2.05) is 37.3 Å². The Balaban J connectivity index is 2.41. The highest BCUT2D eigenvalue weighted by Gasteiger charge is 2.05. The van der Waals surface area contributed by atoms with Crippen LogP contribution in [-0.4, -0.2) is 11.1 Å². The molecule has 0 saturated carbocycles. The summed E-state index contributed by atoms with van der Waals surface area (Å²) in [5.74, 6) is -0.974. The maximum Gasteiger partial charge on any atom is 0.335 e. The second-order valence-electron chi connectivity index (χ2n) is 4.41. The summed E-state index contributed by atoms with van der Waals surface area (Å²) in [6.45, 7) is 1.98. The highest BCUT2D eigenvalue weighted by molar-refractivity contribution is 5.92. The van der Waals surface area contributed by atoms with E-state index in [9.17, 15) is 10.1 Å². The van der Waals surface area contributed by atoms with Crippen molar-refractivity contribution in [2.45, 2.75) is 6.92 Å². The summed E-state index contributed by atoms with van der Waals surface area (Å²) in [4.78, 5) is 10.8. The first-order valence-corrected chi connectivity index (χ1v) is 6.13. The molecule has 0 aliphatic carbocycles. The molecule has 20 heavy (non-hydrogen) atoms. The summed E-state index contributed by atoms with van der Waals surface area (Å²) in [7, 11) is 0. The van der Waals surface area contributed by atoms with Crippen molar-refractivity contribution in [2.75, 3.05) is 0 Å². The topological polar surface area (TPSA) is 61.1 Å². The molecule has 0 spiro atoms. The fraction of sp³-hybridized carbons (Fsp3) is 0.0588. The highest BCUT2D eigenvalue weighted by Crippen LogP contribution is 2.20. The molecule has 0 fully saturated rings. The third kappa shape index (κ3) is 2.93. The molecular weight excluding hydrogens is 250 g/mol. The lowest BCUT2D eigenvalue weighted by Gasteiger charge is -2.03. The molecule has 0 atom stereocenters. The number of hydrogen-bond donors (Lipinski definition) is 1. The molecule has 2 aromatic rings. The number of nitrogens with zero attached hydrogens (tertiary/aromatic N) is 1. The molecule has 0 heterocycles. The van der Waals surface area contributed by atoms with E-state index in [2.05, 4.69) is 6.07 Å². The predicted molar refractivity (Wildman–Crippen MR) is 78.1 cm³/mol. The third-order valence-electron chi connectivity index (χ3n) is 3.05. The zero-order valence-electron chi connectivity index (χ0n) is 11.0. The first-order valence-electron chi connectivity index (χ1n) is 6.13. The Kier molecular flexibility index (Phi) is 3.97. The molecule has 3 heteroatoms. The van der Waals surface area contributed by atoms with Gasteiger partial charge in [-0.15, -0.1) is 0 Å². The quantitative estimate of drug-likeness (QED) is 0.677. The van der Waals surface area contributed by atoms with E-state index in [0.29, 0.717) is 11.1 Å². The fourth-order valence-electron chi connectivity index (χ4n) is 1.88. The van der Waals surface area contributed by atoms with Crippen LogP contribution in [0, 0.1) is 18.3 Å². The number of benzene rings is 2. The summed E-state index contributed by atoms with van der Waals surface area (Å²) in [5.41, 5.74) is 3.49. The van der Waals surface area contributed by atoms with E-state index < -0.39 is 5.97 Å². The number of carboxylic acids is 1. The summed E-state index contributed by atoms with van der Waals surface area (Å²) >= 11 is 0. The van der Waals surface area contributed by atoms with Crippen LogP contribution in [-0.2, 0) is 0 Å². The summed E-state index contributed by atoms with van der Waals surface area (Å²) in [5, 5.41) is 18.1. The second-order valence-corrected chi connectivity index (χ2v) is 4.41. The Bertz CT molecular complexity index is 707. The predicted octanol–water partition coefficient (Wildman–Crippen LogP) is 3.76. The lowest BCUT2D eigenvalue weighted by Crippen LogP contribution is -1.95. The second kappa shape index (κ2) is 5.85. The maximum absolute atomic E-state index is 10.8. The smallest absolute Gasteiger partial charge is 0.335 e. The van der Waals surface area contributed by atoms with Crippen molar-refractivity contribution in [1.82, 2.24) is 0 Å². The largest absolute Gasteiger partial charge is 0.478 e. The van der Waals surface area contributed by atoms with Crippen LogP contribution in [0.3, 0.4) is 0 Å². The Labute approximate surface area is 117 Å². The average molecular weight is 263 g/mol. The number of aromatic carboxylic acids is 1. The molecule has 0 radical (unpaired) electrons. The number of rotatable bonds is 3. The normalized spacial score (nSPS) is 10.9. The monoisotopic (exact) mass is 263 g/mol. The molecule has 0 bridgehead atoms. The molecule has 0 unspecified atom stereocenters. The lowest BCUT2D eigenvalue weighted by atomic mass is 10.0. The van der Waals surface area contributed by atoms with E-state index in [-0.39, 0.29) is 5.56 Å². The Morgan fingerprint density at radius 1 is 1.10 bits per heavy atom. The van der Waals surface area contributed by atoms with Gasteiger partial charge in [-0.1, -0.05) is 36.4 Å². The molecule has 98 valence electrons. The van der Waals surface area contributed by atoms with E-state index in [0.717, 1.165) is 11.1 Å². The van der Waals surface area contributed by atoms with Gasteiger partial charge in [0, 0.05) is 0 Å². The van der Waals surface area contributed by atoms with Gasteiger partial charge in [-0.05, 0) is 41.8 Å². The molecule has 0 aliphatic heterocycles. The van der Waals surface area contributed by atoms with Gasteiger partial charge in [0.2, 0.25) is 0 Å². The average Bonchev–Trinajstić information content (AvgIpc) is 2.46. The van der Waals surface area contributed by atoms with Crippen LogP contribution in [0.4, 0.5) is 0 Å². The zero-order valence-corrected chi connectivity index (χ0v) is 11.0. The molecule has 0 aromatic heterocycles. The van der Waals surface area contributed by atoms with E-state index in [1.165, 1.54) is 12.1 Å². The number of nitriles is 1. The minimum atomic E-state index is -0.974. The number of carboxylic acid groups (broad SMARTS) is 1. The van der Waals surface area contributed by atoms with Gasteiger partial charge in [-0.3, -0.25) is 0 Å². The summed E-state index contributed by atoms with van der Waals surface area (Å²) in [6, 6.07) is 16.2. The molecular formula is C17H13NO2. The van der Waals surface area contributed by atoms with Gasteiger partial charge >= 0.3 is 5.97 Å². The Morgan fingerprint density at radius 3 is 2.25 bits per heavy atom. The molecule has 0 saturated heterocycles. The molecule has 0 aliphatic rings. The van der Waals surface area contributed by atoms with Gasteiger partial charge in [0.1, 0.15) is 0 Å². The van der Waals surface area contributed by atoms with Crippen LogP contribution in [0.25, 0.3) is 11.6 Å². The number of allylic oxidation sites excluding steroid dienone is 1. The van der Waals surface area contributed by atoms with Crippen LogP contribution < -0.4 is 0 Å². The van der Waals surface area contributed by atoms with Crippen molar-refractivity contribution in [3.63, 3.8) is 0 Å². The fourth-order valence-corrected chi connectivity index (χ4v) is 1.88. The van der Waals surface area contributed by atoms with Crippen LogP contribution in [0.1, 0.15) is 27.0 Å². The van der Waals surface area contributed by atoms with Crippen molar-refractivity contribution in [3.8, 4) is 6.07 Å². The van der Waals surface area contributed by atoms with Gasteiger partial charge in [0.25, 0.3) is 0 Å². The van der Waals surface area contributed by atoms with Gasteiger partial charge in [0.15, 0.2) is 0 Å². The van der Waals surface area contributed by atoms with Crippen molar-refractivity contribution < 1.29 is 9.90 Å². The molecule has 0 amide bonds. The standard InChI is InChI=1S/C17H13NO2/c1-12-4-2-3-5-15(12)10-16(11-18)13-6-8-14(9-7-13)17(19)20/h2-10H,1H3,(H,19,20)/b16-10-. The van der Waals surface area contributed by atoms with Crippen LogP contribution in [0.15, 0.2) is 48.5 Å². The molecule has 2 aromatic carbocycles. The van der Waals surface area contributed by atoms with E-state index in [1.54, 1.807) is 12.1 Å². The zero-order chi connectivity index (χ0) is 14.5. The lowest BCUT2D eigenvalue weighted by molar-refractivity contribution is 0.0697. The molecule has 3 nitrogen and oxygen atoms in total. The van der Waals surface area contributed by atoms with Gasteiger partial charge in [-0.25, -0.2) is 4.79 Å². The number of hydrogen-bond acceptors (Lipinski definition) is 2. The van der Waals surface area contributed by atoms with Crippen molar-refractivity contribution in [2.24, 2.45) is 0 Å². The van der Waals surface area contributed by atoms with E-state index >= 15 is 0 Å². The highest BCUT2D eigenvalue weighted by atomic mass is 16.4. The first kappa shape index (κ1) is 13.6. The van der Waals surface area contributed by atoms with Gasteiger partial charge < -0.3 is 5.11 Å².